The van der Waals surface area contributed by atoms with E-state index >= 15 is 0 Å². The molecule has 1 fully saturated rings. The maximum absolute atomic E-state index is 13.2. The highest BCUT2D eigenvalue weighted by Gasteiger charge is 2.42. The topological polar surface area (TPSA) is 54.0 Å². The van der Waals surface area contributed by atoms with Gasteiger partial charge in [-0.25, -0.2) is 0 Å². The van der Waals surface area contributed by atoms with E-state index in [-0.39, 0.29) is 18.3 Å². The van der Waals surface area contributed by atoms with E-state index < -0.39 is 24.6 Å². The summed E-state index contributed by atoms with van der Waals surface area (Å²) < 4.78 is 37.3. The summed E-state index contributed by atoms with van der Waals surface area (Å²) in [5, 5.41) is 0. The van der Waals surface area contributed by atoms with Crippen LogP contribution in [0.2, 0.25) is 19.6 Å². The molecule has 1 aliphatic heterocycles. The Bertz CT molecular complexity index is 822. The van der Waals surface area contributed by atoms with Gasteiger partial charge in [-0.3, -0.25) is 4.21 Å². The fourth-order valence-corrected chi connectivity index (χ4v) is 6.03. The Morgan fingerprint density at radius 3 is 2.33 bits per heavy atom. The minimum absolute atomic E-state index is 0.176. The molecule has 2 aromatic carbocycles. The molecule has 0 bridgehead atoms. The molecule has 3 rings (SSSR count). The Morgan fingerprint density at radius 2 is 1.73 bits per heavy atom. The highest BCUT2D eigenvalue weighted by molar-refractivity contribution is 7.85. The van der Waals surface area contributed by atoms with E-state index in [1.54, 1.807) is 7.11 Å². The van der Waals surface area contributed by atoms with Crippen LogP contribution >= 0.6 is 0 Å². The van der Waals surface area contributed by atoms with Gasteiger partial charge in [0.05, 0.1) is 42.8 Å². The van der Waals surface area contributed by atoms with Gasteiger partial charge in [0.25, 0.3) is 0 Å². The zero-order chi connectivity index (χ0) is 21.7. The van der Waals surface area contributed by atoms with Crippen molar-refractivity contribution in [1.29, 1.82) is 0 Å². The Balaban J connectivity index is 1.76. The first kappa shape index (κ1) is 23.2. The first-order valence-electron chi connectivity index (χ1n) is 10.3. The summed E-state index contributed by atoms with van der Waals surface area (Å²) in [6, 6.07) is 17.4. The molecule has 1 saturated heterocycles. The molecule has 0 spiro atoms. The van der Waals surface area contributed by atoms with Crippen LogP contribution in [0.15, 0.2) is 59.5 Å². The molecule has 5 atom stereocenters. The largest absolute Gasteiger partial charge is 0.497 e. The lowest BCUT2D eigenvalue weighted by Gasteiger charge is -2.42. The number of methoxy groups -OCH3 is 1. The molecule has 0 N–H and O–H groups in total. The van der Waals surface area contributed by atoms with E-state index in [9.17, 15) is 4.21 Å². The molecule has 1 aliphatic rings. The van der Waals surface area contributed by atoms with Crippen LogP contribution in [0.3, 0.4) is 0 Å². The molecule has 0 saturated carbocycles. The molecular weight excluding hydrogens is 416 g/mol. The summed E-state index contributed by atoms with van der Waals surface area (Å²) in [6.07, 6.45) is -0.0545. The number of hydrogen-bond donors (Lipinski definition) is 0. The van der Waals surface area contributed by atoms with Crippen molar-refractivity contribution in [3.8, 4) is 5.75 Å². The number of ether oxygens (including phenoxy) is 3. The first-order valence-corrected chi connectivity index (χ1v) is 14.9. The van der Waals surface area contributed by atoms with E-state index in [0.29, 0.717) is 13.0 Å². The molecular formula is C23H32O5SSi. The second-order valence-electron chi connectivity index (χ2n) is 8.51. The standard InChI is InChI=1S/C23H32O5SSi/c1-17-23(28-30(3,4)5)21(26-16-18-9-7-6-8-10-18)15-22(27-17)29(24)20-13-11-19(25-2)12-14-20/h6-14,17,21-23H,15-16H2,1-5H3/t17-,21-,22?,23+,29?/m0/s1. The van der Waals surface area contributed by atoms with Gasteiger partial charge in [-0.05, 0) is 56.4 Å². The molecule has 30 heavy (non-hydrogen) atoms. The van der Waals surface area contributed by atoms with Crippen LogP contribution in [0.25, 0.3) is 0 Å². The van der Waals surface area contributed by atoms with Gasteiger partial charge < -0.3 is 18.6 Å². The van der Waals surface area contributed by atoms with Crippen LogP contribution in [-0.2, 0) is 31.3 Å². The van der Waals surface area contributed by atoms with Crippen LogP contribution in [0.5, 0.6) is 5.75 Å². The summed E-state index contributed by atoms with van der Waals surface area (Å²) in [5.41, 5.74) is 0.659. The lowest BCUT2D eigenvalue weighted by atomic mass is 10.0. The van der Waals surface area contributed by atoms with Gasteiger partial charge in [0.15, 0.2) is 8.32 Å². The van der Waals surface area contributed by atoms with Crippen molar-refractivity contribution in [1.82, 2.24) is 0 Å². The van der Waals surface area contributed by atoms with E-state index in [4.69, 9.17) is 18.6 Å². The lowest BCUT2D eigenvalue weighted by Crippen LogP contribution is -2.53. The lowest BCUT2D eigenvalue weighted by molar-refractivity contribution is -0.155. The summed E-state index contributed by atoms with van der Waals surface area (Å²) >= 11 is 0. The quantitative estimate of drug-likeness (QED) is 0.546. The van der Waals surface area contributed by atoms with Crippen molar-refractivity contribution in [2.75, 3.05) is 7.11 Å². The van der Waals surface area contributed by atoms with Crippen LogP contribution in [-0.4, -0.2) is 43.4 Å². The van der Waals surface area contributed by atoms with E-state index in [1.807, 2.05) is 61.5 Å². The Labute approximate surface area is 183 Å². The highest BCUT2D eigenvalue weighted by atomic mass is 32.2. The van der Waals surface area contributed by atoms with Crippen LogP contribution < -0.4 is 4.74 Å². The molecule has 0 amide bonds. The average Bonchev–Trinajstić information content (AvgIpc) is 2.73. The Hall–Kier alpha value is -1.51. The minimum atomic E-state index is -1.81. The van der Waals surface area contributed by atoms with E-state index in [0.717, 1.165) is 16.2 Å². The van der Waals surface area contributed by atoms with Crippen molar-refractivity contribution >= 4 is 19.1 Å². The van der Waals surface area contributed by atoms with Crippen molar-refractivity contribution in [3.05, 3.63) is 60.2 Å². The van der Waals surface area contributed by atoms with E-state index in [1.165, 1.54) is 0 Å². The number of benzene rings is 2. The molecule has 7 heteroatoms. The minimum Gasteiger partial charge on any atom is -0.497 e. The van der Waals surface area contributed by atoms with Crippen LogP contribution in [0, 0.1) is 0 Å². The Morgan fingerprint density at radius 1 is 1.07 bits per heavy atom. The van der Waals surface area contributed by atoms with Gasteiger partial charge in [-0.2, -0.15) is 0 Å². The molecule has 0 radical (unpaired) electrons. The van der Waals surface area contributed by atoms with Gasteiger partial charge >= 0.3 is 0 Å². The summed E-state index contributed by atoms with van der Waals surface area (Å²) in [5.74, 6) is 0.737. The van der Waals surface area contributed by atoms with Gasteiger partial charge in [-0.1, -0.05) is 30.3 Å². The third-order valence-electron chi connectivity index (χ3n) is 4.95. The summed E-state index contributed by atoms with van der Waals surface area (Å²) in [4.78, 5) is 0.722. The van der Waals surface area contributed by atoms with Crippen molar-refractivity contribution in [2.24, 2.45) is 0 Å². The molecule has 0 aromatic heterocycles. The fraction of sp³-hybridized carbons (Fsp3) is 0.478. The normalized spacial score (nSPS) is 25.6. The second kappa shape index (κ2) is 10.2. The zero-order valence-electron chi connectivity index (χ0n) is 18.4. The van der Waals surface area contributed by atoms with Crippen LogP contribution in [0.4, 0.5) is 0 Å². The van der Waals surface area contributed by atoms with Crippen molar-refractivity contribution < 1.29 is 22.8 Å². The molecule has 2 unspecified atom stereocenters. The zero-order valence-corrected chi connectivity index (χ0v) is 20.2. The van der Waals surface area contributed by atoms with Crippen molar-refractivity contribution in [3.63, 3.8) is 0 Å². The van der Waals surface area contributed by atoms with Gasteiger partial charge in [0.2, 0.25) is 0 Å². The second-order valence-corrected chi connectivity index (χ2v) is 14.6. The third-order valence-corrected chi connectivity index (χ3v) is 7.44. The molecule has 164 valence electrons. The van der Waals surface area contributed by atoms with Gasteiger partial charge in [0.1, 0.15) is 11.2 Å². The van der Waals surface area contributed by atoms with Crippen molar-refractivity contribution in [2.45, 2.75) is 68.2 Å². The summed E-state index contributed by atoms with van der Waals surface area (Å²) in [6.45, 7) is 8.97. The summed E-state index contributed by atoms with van der Waals surface area (Å²) in [7, 11) is -1.50. The number of rotatable bonds is 8. The molecule has 2 aromatic rings. The molecule has 5 nitrogen and oxygen atoms in total. The van der Waals surface area contributed by atoms with Crippen LogP contribution in [0.1, 0.15) is 18.9 Å². The van der Waals surface area contributed by atoms with Gasteiger partial charge in [-0.15, -0.1) is 0 Å². The number of hydrogen-bond acceptors (Lipinski definition) is 5. The van der Waals surface area contributed by atoms with Gasteiger partial charge in [0, 0.05) is 11.3 Å². The first-order chi connectivity index (χ1) is 14.3. The average molecular weight is 449 g/mol. The smallest absolute Gasteiger partial charge is 0.184 e. The maximum Gasteiger partial charge on any atom is 0.184 e. The maximum atomic E-state index is 13.2. The van der Waals surface area contributed by atoms with E-state index in [2.05, 4.69) is 19.6 Å². The SMILES string of the molecule is COc1ccc(S(=O)C2C[C@H](OCc3ccccc3)[C@H](O[Si](C)(C)C)[C@H](C)O2)cc1. The highest BCUT2D eigenvalue weighted by Crippen LogP contribution is 2.31. The molecule has 1 heterocycles. The fourth-order valence-electron chi connectivity index (χ4n) is 3.52. The predicted molar refractivity (Wildman–Crippen MR) is 122 cm³/mol. The Kier molecular flexibility index (Phi) is 7.87. The predicted octanol–water partition coefficient (Wildman–Crippen LogP) is 4.74. The third kappa shape index (κ3) is 6.25. The monoisotopic (exact) mass is 448 g/mol. The molecule has 0 aliphatic carbocycles.